The Balaban J connectivity index is 2.20. The molecule has 7 nitrogen and oxygen atoms in total. The van der Waals surface area contributed by atoms with Crippen LogP contribution in [-0.2, 0) is 22.4 Å². The van der Waals surface area contributed by atoms with Crippen molar-refractivity contribution in [1.29, 1.82) is 0 Å². The number of benzene rings is 2. The average molecular weight is 383 g/mol. The fraction of sp³-hybridized carbons (Fsp3) is 0.333. The summed E-state index contributed by atoms with van der Waals surface area (Å²) in [6.07, 6.45) is 0.461. The fourth-order valence-corrected chi connectivity index (χ4v) is 2.99. The van der Waals surface area contributed by atoms with Crippen molar-refractivity contribution in [1.82, 2.24) is 10.2 Å². The maximum atomic E-state index is 13.0. The van der Waals surface area contributed by atoms with Crippen molar-refractivity contribution in [3.8, 4) is 0 Å². The molecule has 2 aromatic carbocycles. The second kappa shape index (κ2) is 10.2. The molecule has 7 heteroatoms. The Labute approximate surface area is 164 Å². The summed E-state index contributed by atoms with van der Waals surface area (Å²) in [6.45, 7) is 4.30. The van der Waals surface area contributed by atoms with Crippen LogP contribution in [0.15, 0.2) is 54.6 Å². The van der Waals surface area contributed by atoms with Gasteiger partial charge in [-0.05, 0) is 25.8 Å². The van der Waals surface area contributed by atoms with Crippen LogP contribution in [0.25, 0.3) is 0 Å². The van der Waals surface area contributed by atoms with Crippen molar-refractivity contribution in [3.05, 3.63) is 75.8 Å². The van der Waals surface area contributed by atoms with E-state index in [-0.39, 0.29) is 23.9 Å². The second-order valence-corrected chi connectivity index (χ2v) is 6.46. The van der Waals surface area contributed by atoms with E-state index >= 15 is 0 Å². The molecule has 0 aliphatic carbocycles. The van der Waals surface area contributed by atoms with E-state index in [4.69, 9.17) is 0 Å². The second-order valence-electron chi connectivity index (χ2n) is 6.46. The summed E-state index contributed by atoms with van der Waals surface area (Å²) in [4.78, 5) is 37.5. The number of hydrogen-bond donors (Lipinski definition) is 1. The van der Waals surface area contributed by atoms with E-state index in [2.05, 4.69) is 5.32 Å². The van der Waals surface area contributed by atoms with Crippen molar-refractivity contribution in [2.45, 2.75) is 32.7 Å². The third-order valence-electron chi connectivity index (χ3n) is 4.53. The number of nitrogens with one attached hydrogen (secondary N) is 1. The van der Waals surface area contributed by atoms with Crippen LogP contribution in [-0.4, -0.2) is 40.8 Å². The van der Waals surface area contributed by atoms with Gasteiger partial charge in [-0.3, -0.25) is 19.7 Å². The number of likely N-dealkylation sites (N-methyl/N-ethyl adjacent to an activating group) is 1. The highest BCUT2D eigenvalue weighted by Crippen LogP contribution is 2.19. The molecule has 148 valence electrons. The van der Waals surface area contributed by atoms with Gasteiger partial charge in [-0.15, -0.1) is 0 Å². The summed E-state index contributed by atoms with van der Waals surface area (Å²) < 4.78 is 0. The number of para-hydroxylation sites is 1. The number of nitrogens with zero attached hydrogens (tertiary/aromatic N) is 2. The number of carbonyl (C=O) groups is 2. The smallest absolute Gasteiger partial charge is 0.273 e. The summed E-state index contributed by atoms with van der Waals surface area (Å²) in [5.41, 5.74) is 1.30. The summed E-state index contributed by atoms with van der Waals surface area (Å²) in [6, 6.07) is 15.2. The highest BCUT2D eigenvalue weighted by atomic mass is 16.6. The minimum absolute atomic E-state index is 0.0930. The van der Waals surface area contributed by atoms with Crippen LogP contribution in [0, 0.1) is 10.1 Å². The van der Waals surface area contributed by atoms with Gasteiger partial charge in [0.05, 0.1) is 11.3 Å². The molecular formula is C21H25N3O4. The maximum Gasteiger partial charge on any atom is 0.273 e. The van der Waals surface area contributed by atoms with Gasteiger partial charge < -0.3 is 10.2 Å². The van der Waals surface area contributed by atoms with Gasteiger partial charge in [-0.25, -0.2) is 0 Å². The molecule has 2 rings (SSSR count). The quantitative estimate of drug-likeness (QED) is 0.532. The Hall–Kier alpha value is -3.22. The lowest BCUT2D eigenvalue weighted by Crippen LogP contribution is -2.49. The maximum absolute atomic E-state index is 13.0. The number of amides is 2. The molecule has 0 heterocycles. The molecule has 0 radical (unpaired) electrons. The van der Waals surface area contributed by atoms with Crippen LogP contribution in [0.2, 0.25) is 0 Å². The molecule has 0 aliphatic rings. The van der Waals surface area contributed by atoms with Crippen molar-refractivity contribution in [2.24, 2.45) is 0 Å². The predicted octanol–water partition coefficient (Wildman–Crippen LogP) is 2.73. The highest BCUT2D eigenvalue weighted by molar-refractivity contribution is 5.88. The van der Waals surface area contributed by atoms with Crippen LogP contribution in [0.3, 0.4) is 0 Å². The molecule has 0 aliphatic heterocycles. The van der Waals surface area contributed by atoms with Gasteiger partial charge in [0.2, 0.25) is 11.8 Å². The van der Waals surface area contributed by atoms with Gasteiger partial charge in [0.15, 0.2) is 0 Å². The van der Waals surface area contributed by atoms with E-state index < -0.39 is 11.0 Å². The van der Waals surface area contributed by atoms with E-state index in [0.29, 0.717) is 25.1 Å². The van der Waals surface area contributed by atoms with Gasteiger partial charge in [-0.2, -0.15) is 0 Å². The molecule has 28 heavy (non-hydrogen) atoms. The van der Waals surface area contributed by atoms with E-state index in [1.165, 1.54) is 11.0 Å². The minimum Gasteiger partial charge on any atom is -0.355 e. The Kier molecular flexibility index (Phi) is 7.68. The molecule has 0 unspecified atom stereocenters. The van der Waals surface area contributed by atoms with Crippen molar-refractivity contribution in [3.63, 3.8) is 0 Å². The Morgan fingerprint density at radius 3 is 2.39 bits per heavy atom. The zero-order valence-corrected chi connectivity index (χ0v) is 16.1. The molecule has 0 saturated carbocycles. The first-order chi connectivity index (χ1) is 13.4. The van der Waals surface area contributed by atoms with E-state index in [9.17, 15) is 19.7 Å². The molecule has 2 amide bonds. The topological polar surface area (TPSA) is 92.6 Å². The van der Waals surface area contributed by atoms with Crippen LogP contribution in [0.5, 0.6) is 0 Å². The molecule has 0 spiro atoms. The van der Waals surface area contributed by atoms with Crippen LogP contribution in [0.4, 0.5) is 5.69 Å². The van der Waals surface area contributed by atoms with Gasteiger partial charge in [0.1, 0.15) is 6.04 Å². The molecule has 0 saturated heterocycles. The average Bonchev–Trinajstić information content (AvgIpc) is 2.69. The molecular weight excluding hydrogens is 358 g/mol. The molecule has 2 aromatic rings. The predicted molar refractivity (Wildman–Crippen MR) is 107 cm³/mol. The Bertz CT molecular complexity index is 823. The van der Waals surface area contributed by atoms with Crippen molar-refractivity contribution < 1.29 is 14.5 Å². The normalized spacial score (nSPS) is 11.5. The van der Waals surface area contributed by atoms with E-state index in [1.54, 1.807) is 25.1 Å². The van der Waals surface area contributed by atoms with Gasteiger partial charge in [0, 0.05) is 24.7 Å². The summed E-state index contributed by atoms with van der Waals surface area (Å²) in [7, 11) is 0. The minimum atomic E-state index is -0.668. The van der Waals surface area contributed by atoms with E-state index in [1.807, 2.05) is 37.3 Å². The number of nitro benzene ring substituents is 1. The summed E-state index contributed by atoms with van der Waals surface area (Å²) in [5.74, 6) is -0.560. The number of hydrogen-bond acceptors (Lipinski definition) is 4. The SMILES string of the molecule is CCNC(=O)[C@H](C)N(CCc1ccccc1)C(=O)Cc1ccccc1[N+](=O)[O-]. The third-order valence-corrected chi connectivity index (χ3v) is 4.53. The lowest BCUT2D eigenvalue weighted by Gasteiger charge is -2.28. The number of nitro groups is 1. The van der Waals surface area contributed by atoms with Gasteiger partial charge in [-0.1, -0.05) is 48.5 Å². The zero-order valence-electron chi connectivity index (χ0n) is 16.1. The molecule has 1 N–H and O–H groups in total. The first kappa shape index (κ1) is 21.1. The number of rotatable bonds is 9. The largest absolute Gasteiger partial charge is 0.355 e. The zero-order chi connectivity index (χ0) is 20.5. The summed E-state index contributed by atoms with van der Waals surface area (Å²) in [5, 5.41) is 14.0. The van der Waals surface area contributed by atoms with Crippen LogP contribution >= 0.6 is 0 Å². The summed E-state index contributed by atoms with van der Waals surface area (Å²) >= 11 is 0. The van der Waals surface area contributed by atoms with Gasteiger partial charge in [0.25, 0.3) is 5.69 Å². The fourth-order valence-electron chi connectivity index (χ4n) is 2.99. The van der Waals surface area contributed by atoms with Crippen molar-refractivity contribution >= 4 is 17.5 Å². The monoisotopic (exact) mass is 383 g/mol. The van der Waals surface area contributed by atoms with Gasteiger partial charge >= 0.3 is 0 Å². The van der Waals surface area contributed by atoms with Crippen LogP contribution < -0.4 is 5.32 Å². The third kappa shape index (κ3) is 5.64. The molecule has 0 aromatic heterocycles. The first-order valence-electron chi connectivity index (χ1n) is 9.27. The molecule has 0 bridgehead atoms. The lowest BCUT2D eigenvalue weighted by molar-refractivity contribution is -0.385. The molecule has 0 fully saturated rings. The van der Waals surface area contributed by atoms with Crippen LogP contribution in [0.1, 0.15) is 25.0 Å². The highest BCUT2D eigenvalue weighted by Gasteiger charge is 2.27. The Morgan fingerprint density at radius 2 is 1.75 bits per heavy atom. The van der Waals surface area contributed by atoms with Crippen molar-refractivity contribution in [2.75, 3.05) is 13.1 Å². The number of carbonyl (C=O) groups excluding carboxylic acids is 2. The lowest BCUT2D eigenvalue weighted by atomic mass is 10.1. The Morgan fingerprint density at radius 1 is 1.11 bits per heavy atom. The van der Waals surface area contributed by atoms with E-state index in [0.717, 1.165) is 5.56 Å². The molecule has 1 atom stereocenters. The first-order valence-corrected chi connectivity index (χ1v) is 9.27. The standard InChI is InChI=1S/C21H25N3O4/c1-3-22-21(26)16(2)23(14-13-17-9-5-4-6-10-17)20(25)15-18-11-7-8-12-19(18)24(27)28/h4-12,16H,3,13-15H2,1-2H3,(H,22,26)/t16-/m0/s1.